The van der Waals surface area contributed by atoms with E-state index >= 15 is 0 Å². The molecule has 0 unspecified atom stereocenters. The van der Waals surface area contributed by atoms with E-state index in [1.807, 2.05) is 0 Å². The van der Waals surface area contributed by atoms with Crippen LogP contribution in [0, 0.1) is 17.7 Å². The van der Waals surface area contributed by atoms with Gasteiger partial charge in [0, 0.05) is 16.9 Å². The summed E-state index contributed by atoms with van der Waals surface area (Å²) in [6.45, 7) is 0.223. The number of carbonyl (C=O) groups excluding carboxylic acids is 1. The fraction of sp³-hybridized carbons (Fsp3) is 0.125. The van der Waals surface area contributed by atoms with Gasteiger partial charge in [0.1, 0.15) is 6.61 Å². The number of nitrogens with zero attached hydrogens (tertiary/aromatic N) is 1. The quantitative estimate of drug-likeness (QED) is 0.850. The van der Waals surface area contributed by atoms with Gasteiger partial charge >= 0.3 is 0 Å². The number of hydrogen-bond acceptors (Lipinski definition) is 3. The van der Waals surface area contributed by atoms with Gasteiger partial charge in [-0.2, -0.15) is 0 Å². The highest BCUT2D eigenvalue weighted by atomic mass is 79.9. The minimum Gasteiger partial charge on any atom is -0.478 e. The maximum absolute atomic E-state index is 13.3. The van der Waals surface area contributed by atoms with Gasteiger partial charge < -0.3 is 10.1 Å². The van der Waals surface area contributed by atoms with Crippen molar-refractivity contribution in [3.05, 3.63) is 58.6 Å². The van der Waals surface area contributed by atoms with Crippen molar-refractivity contribution in [3.63, 3.8) is 0 Å². The molecule has 0 atom stereocenters. The highest BCUT2D eigenvalue weighted by molar-refractivity contribution is 9.10. The summed E-state index contributed by atoms with van der Waals surface area (Å²) < 4.78 is 19.1. The lowest BCUT2D eigenvalue weighted by molar-refractivity contribution is 0.0958. The summed E-state index contributed by atoms with van der Waals surface area (Å²) in [6, 6.07) is 7.77. The zero-order valence-electron chi connectivity index (χ0n) is 11.5. The lowest BCUT2D eigenvalue weighted by Crippen LogP contribution is -2.23. The Morgan fingerprint density at radius 1 is 1.32 bits per heavy atom. The first-order valence-electron chi connectivity index (χ1n) is 6.38. The first-order chi connectivity index (χ1) is 10.7. The average molecular weight is 363 g/mol. The van der Waals surface area contributed by atoms with Gasteiger partial charge in [-0.25, -0.2) is 4.39 Å². The Balaban J connectivity index is 1.75. The van der Waals surface area contributed by atoms with Crippen LogP contribution in [0.4, 0.5) is 4.39 Å². The number of benzene rings is 1. The monoisotopic (exact) mass is 362 g/mol. The summed E-state index contributed by atoms with van der Waals surface area (Å²) in [4.78, 5) is 15.7. The van der Waals surface area contributed by atoms with E-state index in [9.17, 15) is 9.18 Å². The fourth-order valence-electron chi connectivity index (χ4n) is 1.55. The fourth-order valence-corrected chi connectivity index (χ4v) is 1.92. The van der Waals surface area contributed by atoms with Crippen molar-refractivity contribution >= 4 is 21.8 Å². The molecule has 2 aromatic rings. The predicted octanol–water partition coefficient (Wildman–Crippen LogP) is 2.80. The Labute approximate surface area is 135 Å². The van der Waals surface area contributed by atoms with Crippen LogP contribution in [0.3, 0.4) is 0 Å². The molecular formula is C16H12BrFN2O2. The van der Waals surface area contributed by atoms with Crippen LogP contribution < -0.4 is 10.1 Å². The number of pyridine rings is 1. The van der Waals surface area contributed by atoms with Gasteiger partial charge in [0.15, 0.2) is 11.6 Å². The van der Waals surface area contributed by atoms with Gasteiger partial charge in [0.05, 0.1) is 12.1 Å². The summed E-state index contributed by atoms with van der Waals surface area (Å²) in [7, 11) is 0. The number of ether oxygens (including phenoxy) is 1. The lowest BCUT2D eigenvalue weighted by Gasteiger charge is -2.02. The largest absolute Gasteiger partial charge is 0.478 e. The zero-order valence-corrected chi connectivity index (χ0v) is 13.1. The van der Waals surface area contributed by atoms with Gasteiger partial charge in [0.25, 0.3) is 5.91 Å². The Hall–Kier alpha value is -2.39. The van der Waals surface area contributed by atoms with Gasteiger partial charge in [-0.15, -0.1) is 0 Å². The van der Waals surface area contributed by atoms with Crippen LogP contribution >= 0.6 is 15.9 Å². The molecule has 0 aliphatic heterocycles. The van der Waals surface area contributed by atoms with Gasteiger partial charge in [0.2, 0.25) is 0 Å². The average Bonchev–Trinajstić information content (AvgIpc) is 2.52. The van der Waals surface area contributed by atoms with Gasteiger partial charge in [-0.1, -0.05) is 24.0 Å². The number of aromatic nitrogens is 1. The predicted molar refractivity (Wildman–Crippen MR) is 83.9 cm³/mol. The Morgan fingerprint density at radius 3 is 2.91 bits per heavy atom. The molecule has 0 radical (unpaired) electrons. The summed E-state index contributed by atoms with van der Waals surface area (Å²) in [5.74, 6) is 4.89. The van der Waals surface area contributed by atoms with Crippen LogP contribution in [0.5, 0.6) is 5.75 Å². The third-order valence-corrected chi connectivity index (χ3v) is 3.00. The third kappa shape index (κ3) is 4.86. The smallest absolute Gasteiger partial charge is 0.253 e. The van der Waals surface area contributed by atoms with Crippen LogP contribution in [0.1, 0.15) is 10.4 Å². The van der Waals surface area contributed by atoms with Crippen molar-refractivity contribution < 1.29 is 13.9 Å². The number of para-hydroxylation sites is 1. The number of halogens is 2. The van der Waals surface area contributed by atoms with Crippen LogP contribution in [-0.2, 0) is 0 Å². The maximum atomic E-state index is 13.3. The number of amides is 1. The SMILES string of the molecule is O=C(NCC#CCOc1ccccc1F)c1cncc(Br)c1. The number of nitrogens with one attached hydrogen (secondary N) is 1. The molecule has 22 heavy (non-hydrogen) atoms. The summed E-state index contributed by atoms with van der Waals surface area (Å²) in [5.41, 5.74) is 0.443. The molecule has 1 N–H and O–H groups in total. The molecule has 0 spiro atoms. The first-order valence-corrected chi connectivity index (χ1v) is 7.18. The van der Waals surface area contributed by atoms with Crippen molar-refractivity contribution in [2.75, 3.05) is 13.2 Å². The van der Waals surface area contributed by atoms with Crippen LogP contribution in [0.15, 0.2) is 47.2 Å². The molecule has 1 aromatic heterocycles. The third-order valence-electron chi connectivity index (χ3n) is 2.57. The minimum absolute atomic E-state index is 0.0508. The molecule has 1 aromatic carbocycles. The highest BCUT2D eigenvalue weighted by Gasteiger charge is 2.04. The van der Waals surface area contributed by atoms with E-state index in [0.29, 0.717) is 5.56 Å². The summed E-state index contributed by atoms with van der Waals surface area (Å²) in [5, 5.41) is 2.63. The van der Waals surface area contributed by atoms with E-state index in [1.165, 1.54) is 18.3 Å². The number of carbonyl (C=O) groups is 1. The Bertz CT molecular complexity index is 725. The van der Waals surface area contributed by atoms with E-state index < -0.39 is 5.82 Å². The lowest BCUT2D eigenvalue weighted by atomic mass is 10.3. The van der Waals surface area contributed by atoms with Crippen LogP contribution in [0.25, 0.3) is 0 Å². The van der Waals surface area contributed by atoms with Crippen molar-refractivity contribution in [2.45, 2.75) is 0 Å². The molecule has 4 nitrogen and oxygen atoms in total. The van der Waals surface area contributed by atoms with Crippen LogP contribution in [0.2, 0.25) is 0 Å². The molecule has 0 aliphatic carbocycles. The zero-order chi connectivity index (χ0) is 15.8. The molecule has 0 saturated heterocycles. The van der Waals surface area contributed by atoms with Crippen molar-refractivity contribution in [1.82, 2.24) is 10.3 Å². The van der Waals surface area contributed by atoms with Crippen molar-refractivity contribution in [3.8, 4) is 17.6 Å². The van der Waals surface area contributed by atoms with Gasteiger partial charge in [-0.3, -0.25) is 9.78 Å². The Kier molecular flexibility index (Phi) is 5.92. The van der Waals surface area contributed by atoms with E-state index in [0.717, 1.165) is 4.47 Å². The maximum Gasteiger partial charge on any atom is 0.253 e. The molecular weight excluding hydrogens is 351 g/mol. The molecule has 0 bridgehead atoms. The van der Waals surface area contributed by atoms with Crippen molar-refractivity contribution in [2.24, 2.45) is 0 Å². The van der Waals surface area contributed by atoms with E-state index in [1.54, 1.807) is 24.4 Å². The molecule has 112 valence electrons. The summed E-state index contributed by atoms with van der Waals surface area (Å²) >= 11 is 3.24. The second-order valence-electron chi connectivity index (χ2n) is 4.15. The van der Waals surface area contributed by atoms with Crippen molar-refractivity contribution in [1.29, 1.82) is 0 Å². The first kappa shape index (κ1) is 16.0. The molecule has 2 rings (SSSR count). The standard InChI is InChI=1S/C16H12BrFN2O2/c17-13-9-12(10-19-11-13)16(21)20-7-3-4-8-22-15-6-2-1-5-14(15)18/h1-2,5-6,9-11H,7-8H2,(H,20,21). The minimum atomic E-state index is -0.431. The molecule has 1 heterocycles. The summed E-state index contributed by atoms with van der Waals surface area (Å²) in [6.07, 6.45) is 3.06. The molecule has 6 heteroatoms. The molecule has 1 amide bonds. The normalized spacial score (nSPS) is 9.55. The van der Waals surface area contributed by atoms with Gasteiger partial charge in [-0.05, 0) is 34.1 Å². The number of rotatable bonds is 4. The van der Waals surface area contributed by atoms with E-state index in [4.69, 9.17) is 4.74 Å². The molecule has 0 saturated carbocycles. The second kappa shape index (κ2) is 8.15. The van der Waals surface area contributed by atoms with Crippen LogP contribution in [-0.4, -0.2) is 24.0 Å². The molecule has 0 aliphatic rings. The second-order valence-corrected chi connectivity index (χ2v) is 5.06. The van der Waals surface area contributed by atoms with E-state index in [-0.39, 0.29) is 24.8 Å². The topological polar surface area (TPSA) is 51.2 Å². The highest BCUT2D eigenvalue weighted by Crippen LogP contribution is 2.14. The van der Waals surface area contributed by atoms with E-state index in [2.05, 4.69) is 38.1 Å². The number of hydrogen-bond donors (Lipinski definition) is 1. The molecule has 0 fully saturated rings. The Morgan fingerprint density at radius 2 is 2.14 bits per heavy atom.